The Hall–Kier alpha value is -2.87. The maximum Gasteiger partial charge on any atom is 0.410 e. The van der Waals surface area contributed by atoms with Crippen LogP contribution in [0.15, 0.2) is 24.3 Å². The predicted molar refractivity (Wildman–Crippen MR) is 115 cm³/mol. The van der Waals surface area contributed by atoms with E-state index in [-0.39, 0.29) is 25.0 Å². The third kappa shape index (κ3) is 4.99. The molecule has 7 nitrogen and oxygen atoms in total. The van der Waals surface area contributed by atoms with E-state index in [1.54, 1.807) is 18.7 Å². The summed E-state index contributed by atoms with van der Waals surface area (Å²) < 4.78 is 10.3. The highest BCUT2D eigenvalue weighted by Gasteiger charge is 2.31. The molecule has 0 saturated heterocycles. The molecule has 160 valence electrons. The molecule has 1 aliphatic heterocycles. The number of ether oxygens (including phenoxy) is 2. The Labute approximate surface area is 180 Å². The lowest BCUT2D eigenvalue weighted by Crippen LogP contribution is -2.36. The van der Waals surface area contributed by atoms with Crippen molar-refractivity contribution in [3.63, 3.8) is 0 Å². The number of anilines is 1. The van der Waals surface area contributed by atoms with Crippen LogP contribution in [0.5, 0.6) is 0 Å². The smallest absolute Gasteiger partial charge is 0.410 e. The molecule has 2 aromatic rings. The first-order chi connectivity index (χ1) is 14.4. The summed E-state index contributed by atoms with van der Waals surface area (Å²) >= 11 is 1.32. The molecule has 2 amide bonds. The SMILES string of the molecule is CCOC(=O)c1c(NC(=O)Cc2cccc(C)c2)sc2c1CCN(C(=O)OCC)C2. The van der Waals surface area contributed by atoms with Gasteiger partial charge in [0.05, 0.1) is 31.7 Å². The van der Waals surface area contributed by atoms with Gasteiger partial charge in [0.1, 0.15) is 5.00 Å². The van der Waals surface area contributed by atoms with Crippen molar-refractivity contribution in [3.05, 3.63) is 51.4 Å². The van der Waals surface area contributed by atoms with E-state index >= 15 is 0 Å². The van der Waals surface area contributed by atoms with E-state index in [9.17, 15) is 14.4 Å². The van der Waals surface area contributed by atoms with Crippen LogP contribution in [0.1, 0.15) is 45.8 Å². The van der Waals surface area contributed by atoms with Crippen molar-refractivity contribution >= 4 is 34.3 Å². The number of aryl methyl sites for hydroxylation is 1. The van der Waals surface area contributed by atoms with Crippen LogP contribution in [0.4, 0.5) is 9.80 Å². The van der Waals surface area contributed by atoms with Crippen molar-refractivity contribution in [1.82, 2.24) is 4.90 Å². The van der Waals surface area contributed by atoms with E-state index in [2.05, 4.69) is 5.32 Å². The average Bonchev–Trinajstić information content (AvgIpc) is 3.05. The number of carbonyl (C=O) groups is 3. The number of amides is 2. The van der Waals surface area contributed by atoms with Gasteiger partial charge in [0, 0.05) is 11.4 Å². The van der Waals surface area contributed by atoms with Gasteiger partial charge in [-0.25, -0.2) is 9.59 Å². The van der Waals surface area contributed by atoms with Gasteiger partial charge in [-0.1, -0.05) is 29.8 Å². The third-order valence-corrected chi connectivity index (χ3v) is 5.89. The number of thiophene rings is 1. The van der Waals surface area contributed by atoms with Crippen molar-refractivity contribution in [3.8, 4) is 0 Å². The lowest BCUT2D eigenvalue weighted by Gasteiger charge is -2.26. The Morgan fingerprint density at radius 3 is 2.63 bits per heavy atom. The molecule has 3 rings (SSSR count). The average molecular weight is 431 g/mol. The van der Waals surface area contributed by atoms with Crippen LogP contribution in [0, 0.1) is 6.92 Å². The highest BCUT2D eigenvalue weighted by atomic mass is 32.1. The molecule has 8 heteroatoms. The molecule has 2 heterocycles. The number of esters is 1. The molecule has 0 fully saturated rings. The van der Waals surface area contributed by atoms with E-state index in [0.29, 0.717) is 36.7 Å². The number of nitrogens with zero attached hydrogens (tertiary/aromatic N) is 1. The van der Waals surface area contributed by atoms with Crippen molar-refractivity contribution in [2.45, 2.75) is 40.2 Å². The summed E-state index contributed by atoms with van der Waals surface area (Å²) in [5.74, 6) is -0.655. The van der Waals surface area contributed by atoms with Gasteiger partial charge in [-0.15, -0.1) is 11.3 Å². The Morgan fingerprint density at radius 1 is 1.17 bits per heavy atom. The predicted octanol–water partition coefficient (Wildman–Crippen LogP) is 3.93. The Kier molecular flexibility index (Phi) is 7.10. The quantitative estimate of drug-likeness (QED) is 0.702. The molecular formula is C22H26N2O5S. The second-order valence-electron chi connectivity index (χ2n) is 7.01. The fourth-order valence-corrected chi connectivity index (χ4v) is 4.73. The summed E-state index contributed by atoms with van der Waals surface area (Å²) in [5, 5.41) is 3.36. The molecule has 1 aromatic carbocycles. The molecular weight excluding hydrogens is 404 g/mol. The highest BCUT2D eigenvalue weighted by molar-refractivity contribution is 7.17. The second kappa shape index (κ2) is 9.75. The van der Waals surface area contributed by atoms with E-state index in [1.807, 2.05) is 31.2 Å². The number of hydrogen-bond donors (Lipinski definition) is 1. The maximum atomic E-state index is 12.7. The van der Waals surface area contributed by atoms with Crippen LogP contribution in [0.2, 0.25) is 0 Å². The molecule has 0 saturated carbocycles. The van der Waals surface area contributed by atoms with Gasteiger partial charge < -0.3 is 19.7 Å². The van der Waals surface area contributed by atoms with E-state index < -0.39 is 5.97 Å². The Balaban J connectivity index is 1.83. The first-order valence-electron chi connectivity index (χ1n) is 10.0. The molecule has 0 unspecified atom stereocenters. The van der Waals surface area contributed by atoms with Crippen LogP contribution in [0.25, 0.3) is 0 Å². The molecule has 0 atom stereocenters. The number of nitrogens with one attached hydrogen (secondary N) is 1. The molecule has 0 bridgehead atoms. The summed E-state index contributed by atoms with van der Waals surface area (Å²) in [6.07, 6.45) is 0.341. The zero-order valence-electron chi connectivity index (χ0n) is 17.4. The van der Waals surface area contributed by atoms with Crippen molar-refractivity contribution in [1.29, 1.82) is 0 Å². The van der Waals surface area contributed by atoms with Crippen LogP contribution in [0.3, 0.4) is 0 Å². The minimum absolute atomic E-state index is 0.202. The fourth-order valence-electron chi connectivity index (χ4n) is 3.46. The summed E-state index contributed by atoms with van der Waals surface area (Å²) in [6.45, 7) is 6.83. The number of rotatable bonds is 6. The Morgan fingerprint density at radius 2 is 1.93 bits per heavy atom. The lowest BCUT2D eigenvalue weighted by atomic mass is 10.0. The summed E-state index contributed by atoms with van der Waals surface area (Å²) in [6, 6.07) is 7.75. The van der Waals surface area contributed by atoms with E-state index in [1.165, 1.54) is 11.3 Å². The molecule has 0 radical (unpaired) electrons. The number of hydrogen-bond acceptors (Lipinski definition) is 6. The van der Waals surface area contributed by atoms with Crippen LogP contribution in [-0.2, 0) is 33.7 Å². The van der Waals surface area contributed by atoms with Gasteiger partial charge in [-0.2, -0.15) is 0 Å². The van der Waals surface area contributed by atoms with Crippen LogP contribution in [-0.4, -0.2) is 42.6 Å². The van der Waals surface area contributed by atoms with Gasteiger partial charge in [0.15, 0.2) is 0 Å². The van der Waals surface area contributed by atoms with Gasteiger partial charge in [-0.3, -0.25) is 4.79 Å². The summed E-state index contributed by atoms with van der Waals surface area (Å²) in [7, 11) is 0. The number of benzene rings is 1. The highest BCUT2D eigenvalue weighted by Crippen LogP contribution is 2.38. The largest absolute Gasteiger partial charge is 0.462 e. The minimum atomic E-state index is -0.453. The molecule has 0 spiro atoms. The topological polar surface area (TPSA) is 84.9 Å². The van der Waals surface area contributed by atoms with E-state index in [4.69, 9.17) is 9.47 Å². The van der Waals surface area contributed by atoms with Crippen LogP contribution < -0.4 is 5.32 Å². The summed E-state index contributed by atoms with van der Waals surface area (Å²) in [5.41, 5.74) is 3.22. The van der Waals surface area contributed by atoms with Gasteiger partial charge in [-0.05, 0) is 38.3 Å². The zero-order valence-corrected chi connectivity index (χ0v) is 18.3. The van der Waals surface area contributed by atoms with Crippen molar-refractivity contribution in [2.75, 3.05) is 25.1 Å². The maximum absolute atomic E-state index is 12.7. The number of carbonyl (C=O) groups excluding carboxylic acids is 3. The summed E-state index contributed by atoms with van der Waals surface area (Å²) in [4.78, 5) is 39.8. The molecule has 1 aliphatic rings. The van der Waals surface area contributed by atoms with Crippen molar-refractivity contribution < 1.29 is 23.9 Å². The third-order valence-electron chi connectivity index (χ3n) is 4.76. The first kappa shape index (κ1) is 21.8. The molecule has 1 N–H and O–H groups in total. The molecule has 0 aliphatic carbocycles. The zero-order chi connectivity index (χ0) is 21.7. The standard InChI is InChI=1S/C22H26N2O5S/c1-4-28-21(26)19-16-9-10-24(22(27)29-5-2)13-17(16)30-20(19)23-18(25)12-15-8-6-7-14(3)11-15/h6-8,11H,4-5,9-10,12-13H2,1-3H3,(H,23,25). The molecule has 1 aromatic heterocycles. The van der Waals surface area contributed by atoms with Gasteiger partial charge >= 0.3 is 12.1 Å². The van der Waals surface area contributed by atoms with E-state index in [0.717, 1.165) is 21.6 Å². The van der Waals surface area contributed by atoms with Crippen LogP contribution >= 0.6 is 11.3 Å². The van der Waals surface area contributed by atoms with Crippen molar-refractivity contribution in [2.24, 2.45) is 0 Å². The first-order valence-corrected chi connectivity index (χ1v) is 10.8. The molecule has 30 heavy (non-hydrogen) atoms. The second-order valence-corrected chi connectivity index (χ2v) is 8.12. The number of fused-ring (bicyclic) bond motifs is 1. The van der Waals surface area contributed by atoms with Gasteiger partial charge in [0.25, 0.3) is 0 Å². The van der Waals surface area contributed by atoms with Gasteiger partial charge in [0.2, 0.25) is 5.91 Å². The normalized spacial score (nSPS) is 12.8. The Bertz CT molecular complexity index is 953. The minimum Gasteiger partial charge on any atom is -0.462 e. The fraction of sp³-hybridized carbons (Fsp3) is 0.409. The lowest BCUT2D eigenvalue weighted by molar-refractivity contribution is -0.115. The monoisotopic (exact) mass is 430 g/mol.